The van der Waals surface area contributed by atoms with Crippen molar-refractivity contribution in [3.05, 3.63) is 47.8 Å². The summed E-state index contributed by atoms with van der Waals surface area (Å²) in [5.74, 6) is 0.658. The van der Waals surface area contributed by atoms with Gasteiger partial charge in [-0.05, 0) is 50.1 Å². The van der Waals surface area contributed by atoms with Crippen molar-refractivity contribution < 1.29 is 14.3 Å². The maximum Gasteiger partial charge on any atom is 0.269 e. The molecule has 2 amide bonds. The van der Waals surface area contributed by atoms with Gasteiger partial charge in [0.15, 0.2) is 5.75 Å². The number of benzene rings is 1. The molecule has 1 aliphatic heterocycles. The first-order chi connectivity index (χ1) is 13.0. The van der Waals surface area contributed by atoms with E-state index in [1.807, 2.05) is 25.1 Å². The van der Waals surface area contributed by atoms with Crippen LogP contribution in [-0.2, 0) is 4.79 Å². The Morgan fingerprint density at radius 1 is 1.30 bits per heavy atom. The molecule has 3 N–H and O–H groups in total. The molecule has 0 spiro atoms. The standard InChI is InChI=1S/C20H24N4O3/c1-13-5-6-16(24-19(25)11-14-4-3-8-22-14)18(10-13)27-15-7-9-23-17(12-15)20(26)21-2/h5-7,9-10,12,14,22H,3-4,8,11H2,1-2H3,(H,21,26)(H,24,25). The quantitative estimate of drug-likeness (QED) is 0.729. The highest BCUT2D eigenvalue weighted by molar-refractivity contribution is 5.93. The predicted octanol–water partition coefficient (Wildman–Crippen LogP) is 2.62. The minimum absolute atomic E-state index is 0.0520. The van der Waals surface area contributed by atoms with E-state index in [0.29, 0.717) is 23.6 Å². The predicted molar refractivity (Wildman–Crippen MR) is 103 cm³/mol. The van der Waals surface area contributed by atoms with Gasteiger partial charge in [-0.3, -0.25) is 14.6 Å². The molecular formula is C20H24N4O3. The highest BCUT2D eigenvalue weighted by Gasteiger charge is 2.19. The number of carbonyl (C=O) groups excluding carboxylic acids is 2. The Hall–Kier alpha value is -2.93. The molecule has 3 rings (SSSR count). The van der Waals surface area contributed by atoms with Gasteiger partial charge in [-0.2, -0.15) is 0 Å². The fourth-order valence-corrected chi connectivity index (χ4v) is 3.03. The summed E-state index contributed by atoms with van der Waals surface area (Å²) in [5, 5.41) is 8.79. The van der Waals surface area contributed by atoms with Crippen LogP contribution < -0.4 is 20.7 Å². The number of rotatable bonds is 6. The molecule has 2 heterocycles. The molecule has 7 nitrogen and oxygen atoms in total. The molecule has 1 aromatic heterocycles. The van der Waals surface area contributed by atoms with E-state index < -0.39 is 0 Å². The van der Waals surface area contributed by atoms with Crippen molar-refractivity contribution in [1.29, 1.82) is 0 Å². The summed E-state index contributed by atoms with van der Waals surface area (Å²) < 4.78 is 5.95. The first-order valence-electron chi connectivity index (χ1n) is 9.05. The van der Waals surface area contributed by atoms with Gasteiger partial charge in [0.2, 0.25) is 5.91 Å². The maximum absolute atomic E-state index is 12.4. The summed E-state index contributed by atoms with van der Waals surface area (Å²) in [7, 11) is 1.55. The first kappa shape index (κ1) is 18.8. The molecule has 0 saturated carbocycles. The number of amides is 2. The zero-order valence-corrected chi connectivity index (χ0v) is 15.5. The van der Waals surface area contributed by atoms with E-state index in [0.717, 1.165) is 24.9 Å². The van der Waals surface area contributed by atoms with Gasteiger partial charge in [0.1, 0.15) is 11.4 Å². The third kappa shape index (κ3) is 5.04. The molecular weight excluding hydrogens is 344 g/mol. The summed E-state index contributed by atoms with van der Waals surface area (Å²) in [6.45, 7) is 2.91. The van der Waals surface area contributed by atoms with Crippen LogP contribution in [0.2, 0.25) is 0 Å². The number of pyridine rings is 1. The molecule has 1 aromatic carbocycles. The van der Waals surface area contributed by atoms with Crippen molar-refractivity contribution >= 4 is 17.5 Å². The number of carbonyl (C=O) groups is 2. The van der Waals surface area contributed by atoms with Crippen LogP contribution in [0.25, 0.3) is 0 Å². The number of ether oxygens (including phenoxy) is 1. The van der Waals surface area contributed by atoms with Crippen molar-refractivity contribution in [2.75, 3.05) is 18.9 Å². The van der Waals surface area contributed by atoms with Crippen molar-refractivity contribution in [3.8, 4) is 11.5 Å². The third-order valence-electron chi connectivity index (χ3n) is 4.42. The Morgan fingerprint density at radius 2 is 2.15 bits per heavy atom. The summed E-state index contributed by atoms with van der Waals surface area (Å²) >= 11 is 0. The Morgan fingerprint density at radius 3 is 2.89 bits per heavy atom. The Labute approximate surface area is 158 Å². The van der Waals surface area contributed by atoms with Crippen molar-refractivity contribution in [3.63, 3.8) is 0 Å². The summed E-state index contributed by atoms with van der Waals surface area (Å²) in [6.07, 6.45) is 4.07. The number of hydrogen-bond acceptors (Lipinski definition) is 5. The van der Waals surface area contributed by atoms with Crippen LogP contribution in [0, 0.1) is 6.92 Å². The van der Waals surface area contributed by atoms with Crippen molar-refractivity contribution in [2.24, 2.45) is 0 Å². The molecule has 1 atom stereocenters. The zero-order valence-electron chi connectivity index (χ0n) is 15.5. The van der Waals surface area contributed by atoms with Crippen LogP contribution in [0.1, 0.15) is 35.3 Å². The maximum atomic E-state index is 12.4. The van der Waals surface area contributed by atoms with Gasteiger partial charge in [0.25, 0.3) is 5.91 Å². The molecule has 1 fully saturated rings. The van der Waals surface area contributed by atoms with E-state index in [1.165, 1.54) is 6.20 Å². The lowest BCUT2D eigenvalue weighted by Gasteiger charge is -2.15. The Bertz CT molecular complexity index is 832. The van der Waals surface area contributed by atoms with E-state index in [1.54, 1.807) is 19.2 Å². The molecule has 1 aliphatic rings. The molecule has 0 aliphatic carbocycles. The van der Waals surface area contributed by atoms with Gasteiger partial charge in [-0.25, -0.2) is 0 Å². The number of nitrogens with one attached hydrogen (secondary N) is 3. The third-order valence-corrected chi connectivity index (χ3v) is 4.42. The Kier molecular flexibility index (Phi) is 6.03. The zero-order chi connectivity index (χ0) is 19.2. The second kappa shape index (κ2) is 8.64. The van der Waals surface area contributed by atoms with Crippen LogP contribution in [0.4, 0.5) is 5.69 Å². The van der Waals surface area contributed by atoms with Gasteiger partial charge in [-0.1, -0.05) is 6.07 Å². The number of aryl methyl sites for hydroxylation is 1. The topological polar surface area (TPSA) is 92.4 Å². The van der Waals surface area contributed by atoms with Gasteiger partial charge in [0.05, 0.1) is 5.69 Å². The highest BCUT2D eigenvalue weighted by atomic mass is 16.5. The first-order valence-corrected chi connectivity index (χ1v) is 9.05. The van der Waals surface area contributed by atoms with Gasteiger partial charge < -0.3 is 20.7 Å². The monoisotopic (exact) mass is 368 g/mol. The number of nitrogens with zero attached hydrogens (tertiary/aromatic N) is 1. The molecule has 0 radical (unpaired) electrons. The fraction of sp³-hybridized carbons (Fsp3) is 0.350. The molecule has 1 saturated heterocycles. The molecule has 142 valence electrons. The number of anilines is 1. The molecule has 27 heavy (non-hydrogen) atoms. The van der Waals surface area contributed by atoms with Crippen LogP contribution in [0.3, 0.4) is 0 Å². The van der Waals surface area contributed by atoms with Gasteiger partial charge in [-0.15, -0.1) is 0 Å². The normalized spacial score (nSPS) is 16.0. The van der Waals surface area contributed by atoms with Crippen molar-refractivity contribution in [2.45, 2.75) is 32.2 Å². The summed E-state index contributed by atoms with van der Waals surface area (Å²) in [6, 6.07) is 9.06. The lowest BCUT2D eigenvalue weighted by Crippen LogP contribution is -2.27. The molecule has 7 heteroatoms. The average Bonchev–Trinajstić information content (AvgIpc) is 3.16. The summed E-state index contributed by atoms with van der Waals surface area (Å²) in [5.41, 5.74) is 1.86. The lowest BCUT2D eigenvalue weighted by atomic mass is 10.1. The van der Waals surface area contributed by atoms with E-state index in [9.17, 15) is 9.59 Å². The van der Waals surface area contributed by atoms with Crippen molar-refractivity contribution in [1.82, 2.24) is 15.6 Å². The van der Waals surface area contributed by atoms with E-state index in [4.69, 9.17) is 4.74 Å². The second-order valence-electron chi connectivity index (χ2n) is 6.60. The van der Waals surface area contributed by atoms with E-state index in [-0.39, 0.29) is 23.6 Å². The van der Waals surface area contributed by atoms with E-state index >= 15 is 0 Å². The van der Waals surface area contributed by atoms with Gasteiger partial charge in [0, 0.05) is 31.8 Å². The number of hydrogen-bond donors (Lipinski definition) is 3. The molecule has 1 unspecified atom stereocenters. The smallest absolute Gasteiger partial charge is 0.269 e. The fourth-order valence-electron chi connectivity index (χ4n) is 3.03. The van der Waals surface area contributed by atoms with Crippen LogP contribution >= 0.6 is 0 Å². The largest absolute Gasteiger partial charge is 0.455 e. The van der Waals surface area contributed by atoms with Gasteiger partial charge >= 0.3 is 0 Å². The highest BCUT2D eigenvalue weighted by Crippen LogP contribution is 2.31. The van der Waals surface area contributed by atoms with Crippen LogP contribution in [0.15, 0.2) is 36.5 Å². The average molecular weight is 368 g/mol. The molecule has 2 aromatic rings. The summed E-state index contributed by atoms with van der Waals surface area (Å²) in [4.78, 5) is 28.2. The minimum atomic E-state index is -0.290. The SMILES string of the molecule is CNC(=O)c1cc(Oc2cc(C)ccc2NC(=O)CC2CCCN2)ccn1. The van der Waals surface area contributed by atoms with Crippen LogP contribution in [0.5, 0.6) is 11.5 Å². The number of aromatic nitrogens is 1. The van der Waals surface area contributed by atoms with E-state index in [2.05, 4.69) is 20.9 Å². The van der Waals surface area contributed by atoms with Crippen LogP contribution in [-0.4, -0.2) is 36.4 Å². The molecule has 0 bridgehead atoms. The second-order valence-corrected chi connectivity index (χ2v) is 6.60. The minimum Gasteiger partial charge on any atom is -0.455 e. The Balaban J connectivity index is 1.76. The lowest BCUT2D eigenvalue weighted by molar-refractivity contribution is -0.116.